The molecule has 1 aromatic heterocycles. The zero-order chi connectivity index (χ0) is 29.1. The van der Waals surface area contributed by atoms with Crippen LogP contribution in [-0.4, -0.2) is 75.2 Å². The maximum Gasteiger partial charge on any atom is 0.243 e. The minimum Gasteiger partial charge on any atom is -0.497 e. The van der Waals surface area contributed by atoms with Gasteiger partial charge < -0.3 is 24.7 Å². The molecular formula is C27H37N5O7S. The van der Waals surface area contributed by atoms with Gasteiger partial charge in [0, 0.05) is 36.2 Å². The van der Waals surface area contributed by atoms with E-state index < -0.39 is 10.0 Å². The van der Waals surface area contributed by atoms with Crippen LogP contribution in [0.4, 0.5) is 0 Å². The summed E-state index contributed by atoms with van der Waals surface area (Å²) in [5.41, 5.74) is 4.03. The fourth-order valence-electron chi connectivity index (χ4n) is 4.60. The molecule has 0 saturated heterocycles. The third-order valence-corrected chi connectivity index (χ3v) is 8.39. The fourth-order valence-corrected chi connectivity index (χ4v) is 6.00. The fraction of sp³-hybridized carbons (Fsp3) is 0.407. The first-order chi connectivity index (χ1) is 19.3. The van der Waals surface area contributed by atoms with E-state index in [0.717, 1.165) is 40.9 Å². The molecule has 2 aromatic carbocycles. The molecule has 4 rings (SSSR count). The maximum absolute atomic E-state index is 13.4. The molecule has 2 amide bonds. The van der Waals surface area contributed by atoms with Gasteiger partial charge >= 0.3 is 0 Å². The van der Waals surface area contributed by atoms with Crippen molar-refractivity contribution in [3.63, 3.8) is 0 Å². The zero-order valence-corrected chi connectivity index (χ0v) is 23.8. The molecule has 0 radical (unpaired) electrons. The molecule has 0 saturated carbocycles. The summed E-state index contributed by atoms with van der Waals surface area (Å²) in [6.07, 6.45) is 1.76. The Kier molecular flexibility index (Phi) is 11.3. The van der Waals surface area contributed by atoms with Gasteiger partial charge in [-0.05, 0) is 67.4 Å². The molecule has 4 N–H and O–H groups in total. The van der Waals surface area contributed by atoms with Crippen molar-refractivity contribution in [2.45, 2.75) is 37.8 Å². The van der Waals surface area contributed by atoms with Crippen molar-refractivity contribution in [1.82, 2.24) is 25.0 Å². The summed E-state index contributed by atoms with van der Waals surface area (Å²) in [6.45, 7) is 4.90. The van der Waals surface area contributed by atoms with E-state index in [1.54, 1.807) is 38.5 Å². The van der Waals surface area contributed by atoms with Crippen LogP contribution >= 0.6 is 0 Å². The largest absolute Gasteiger partial charge is 0.497 e. The molecule has 0 unspecified atom stereocenters. The van der Waals surface area contributed by atoms with Crippen LogP contribution in [0.1, 0.15) is 24.6 Å². The smallest absolute Gasteiger partial charge is 0.243 e. The Bertz CT molecular complexity index is 1390. The van der Waals surface area contributed by atoms with Gasteiger partial charge in [-0.15, -0.1) is 0 Å². The van der Waals surface area contributed by atoms with Crippen molar-refractivity contribution in [1.29, 1.82) is 0 Å². The van der Waals surface area contributed by atoms with Gasteiger partial charge in [-0.2, -0.15) is 4.31 Å². The average Bonchev–Trinajstić information content (AvgIpc) is 3.28. The Morgan fingerprint density at radius 3 is 2.35 bits per heavy atom. The van der Waals surface area contributed by atoms with Crippen LogP contribution in [0, 0.1) is 0 Å². The molecule has 3 aromatic rings. The predicted molar refractivity (Wildman–Crippen MR) is 150 cm³/mol. The van der Waals surface area contributed by atoms with Crippen LogP contribution in [0.5, 0.6) is 11.5 Å². The van der Waals surface area contributed by atoms with Gasteiger partial charge in [-0.25, -0.2) is 13.9 Å². The molecule has 1 aliphatic heterocycles. The number of hydrogen-bond donors (Lipinski definition) is 4. The van der Waals surface area contributed by atoms with E-state index in [1.807, 2.05) is 22.8 Å². The zero-order valence-electron chi connectivity index (χ0n) is 23.0. The number of sulfonamides is 1. The number of hydroxylamine groups is 1. The molecule has 2 heterocycles. The summed E-state index contributed by atoms with van der Waals surface area (Å²) in [6, 6.07) is 12.2. The number of carbonyl (C=O) groups is 2. The molecule has 0 bridgehead atoms. The van der Waals surface area contributed by atoms with Crippen molar-refractivity contribution in [3.05, 3.63) is 53.7 Å². The summed E-state index contributed by atoms with van der Waals surface area (Å²) in [7, 11) is -0.556. The van der Waals surface area contributed by atoms with E-state index in [0.29, 0.717) is 31.8 Å². The number of nitrogens with one attached hydrogen (secondary N) is 3. The van der Waals surface area contributed by atoms with Crippen molar-refractivity contribution >= 4 is 33.2 Å². The molecule has 218 valence electrons. The number of fused-ring (bicyclic) bond motifs is 3. The first-order valence-electron chi connectivity index (χ1n) is 12.9. The number of rotatable bonds is 12. The van der Waals surface area contributed by atoms with Crippen molar-refractivity contribution in [3.8, 4) is 11.5 Å². The Morgan fingerprint density at radius 2 is 1.73 bits per heavy atom. The van der Waals surface area contributed by atoms with E-state index >= 15 is 0 Å². The highest BCUT2D eigenvalue weighted by atomic mass is 32.2. The van der Waals surface area contributed by atoms with Crippen LogP contribution in [-0.2, 0) is 39.1 Å². The molecule has 13 heteroatoms. The van der Waals surface area contributed by atoms with E-state index in [9.17, 15) is 13.2 Å². The summed E-state index contributed by atoms with van der Waals surface area (Å²) in [5, 5.41) is 14.5. The second-order valence-electron chi connectivity index (χ2n) is 9.01. The van der Waals surface area contributed by atoms with Crippen molar-refractivity contribution < 1.29 is 32.7 Å². The van der Waals surface area contributed by atoms with Gasteiger partial charge in [0.1, 0.15) is 18.0 Å². The molecular weight excluding hydrogens is 538 g/mol. The molecule has 0 atom stereocenters. The minimum absolute atomic E-state index is 0.112. The van der Waals surface area contributed by atoms with E-state index in [4.69, 9.17) is 19.5 Å². The highest BCUT2D eigenvalue weighted by molar-refractivity contribution is 7.89. The maximum atomic E-state index is 13.4. The molecule has 12 nitrogen and oxygen atoms in total. The SMILES string of the molecule is CCCNCCNC(=O)Cn1c2c(c3cc(OC)ccc31)CCN(S(=O)(=O)c1ccc(OC)cc1)C2.O=CNO. The molecule has 1 aliphatic rings. The highest BCUT2D eigenvalue weighted by Gasteiger charge is 2.32. The van der Waals surface area contributed by atoms with E-state index in [2.05, 4.69) is 17.6 Å². The second-order valence-corrected chi connectivity index (χ2v) is 10.9. The van der Waals surface area contributed by atoms with Gasteiger partial charge in [0.25, 0.3) is 0 Å². The van der Waals surface area contributed by atoms with Crippen LogP contribution in [0.25, 0.3) is 10.9 Å². The number of aromatic nitrogens is 1. The Morgan fingerprint density at radius 1 is 1.05 bits per heavy atom. The van der Waals surface area contributed by atoms with Gasteiger partial charge in [-0.3, -0.25) is 14.8 Å². The summed E-state index contributed by atoms with van der Waals surface area (Å²) < 4.78 is 40.9. The lowest BCUT2D eigenvalue weighted by atomic mass is 10.0. The average molecular weight is 576 g/mol. The van der Waals surface area contributed by atoms with Crippen molar-refractivity contribution in [2.24, 2.45) is 0 Å². The minimum atomic E-state index is -3.72. The monoisotopic (exact) mass is 575 g/mol. The Hall–Kier alpha value is -3.65. The number of hydrogen-bond acceptors (Lipinski definition) is 8. The second kappa shape index (κ2) is 14.7. The Labute approximate surface area is 234 Å². The van der Waals surface area contributed by atoms with Crippen LogP contribution in [0.3, 0.4) is 0 Å². The molecule has 0 fully saturated rings. The lowest BCUT2D eigenvalue weighted by Gasteiger charge is -2.28. The third-order valence-electron chi connectivity index (χ3n) is 6.53. The quantitative estimate of drug-likeness (QED) is 0.110. The topological polar surface area (TPSA) is 151 Å². The number of ether oxygens (including phenoxy) is 2. The van der Waals surface area contributed by atoms with Crippen molar-refractivity contribution in [2.75, 3.05) is 40.4 Å². The van der Waals surface area contributed by atoms with Crippen LogP contribution in [0.15, 0.2) is 47.4 Å². The van der Waals surface area contributed by atoms with E-state index in [1.165, 1.54) is 9.79 Å². The van der Waals surface area contributed by atoms with Gasteiger partial charge in [-0.1, -0.05) is 6.92 Å². The summed E-state index contributed by atoms with van der Waals surface area (Å²) >= 11 is 0. The summed E-state index contributed by atoms with van der Waals surface area (Å²) in [5.74, 6) is 1.21. The first-order valence-corrected chi connectivity index (χ1v) is 14.4. The van der Waals surface area contributed by atoms with Gasteiger partial charge in [0.15, 0.2) is 0 Å². The standard InChI is InChI=1S/C26H34N4O5S.CH3NO2/c1-4-12-27-13-14-28-26(31)18-30-24-10-7-20(35-3)16-23(24)22-11-15-29(17-25(22)30)36(32,33)21-8-5-19(34-2)6-9-21;3-1-2-4/h5-10,16,27H,4,11-15,17-18H2,1-3H3,(H,28,31);1,4H,(H,2,3). The molecule has 40 heavy (non-hydrogen) atoms. The molecule has 0 spiro atoms. The van der Waals surface area contributed by atoms with Gasteiger partial charge in [0.05, 0.1) is 25.7 Å². The van der Waals surface area contributed by atoms with E-state index in [-0.39, 0.29) is 30.3 Å². The van der Waals surface area contributed by atoms with Gasteiger partial charge in [0.2, 0.25) is 22.3 Å². The lowest BCUT2D eigenvalue weighted by Crippen LogP contribution is -2.38. The highest BCUT2D eigenvalue weighted by Crippen LogP contribution is 2.35. The number of benzene rings is 2. The lowest BCUT2D eigenvalue weighted by molar-refractivity contribution is -0.121. The third kappa shape index (κ3) is 7.30. The number of amides is 2. The summed E-state index contributed by atoms with van der Waals surface area (Å²) in [4.78, 5) is 21.9. The van der Waals surface area contributed by atoms with Crippen LogP contribution < -0.4 is 25.6 Å². The normalized spacial score (nSPS) is 13.1. The predicted octanol–water partition coefficient (Wildman–Crippen LogP) is 1.64. The number of nitrogens with zero attached hydrogens (tertiary/aromatic N) is 2. The number of methoxy groups -OCH3 is 2. The molecule has 0 aliphatic carbocycles. The van der Waals surface area contributed by atoms with Crippen LogP contribution in [0.2, 0.25) is 0 Å². The Balaban J connectivity index is 0.00000103. The number of carbonyl (C=O) groups excluding carboxylic acids is 2. The first kappa shape index (κ1) is 30.9.